The van der Waals surface area contributed by atoms with Crippen molar-refractivity contribution in [3.05, 3.63) is 16.3 Å². The van der Waals surface area contributed by atoms with Gasteiger partial charge in [0.25, 0.3) is 0 Å². The number of hydrogen-bond acceptors (Lipinski definition) is 3. The van der Waals surface area contributed by atoms with E-state index in [1.54, 1.807) is 20.8 Å². The minimum atomic E-state index is -0.370. The van der Waals surface area contributed by atoms with E-state index in [-0.39, 0.29) is 23.6 Å². The zero-order chi connectivity index (χ0) is 12.7. The van der Waals surface area contributed by atoms with Crippen molar-refractivity contribution in [2.75, 3.05) is 0 Å². The second-order valence-corrected chi connectivity index (χ2v) is 3.45. The zero-order valence-corrected chi connectivity index (χ0v) is 10.4. The Balaban J connectivity index is 0.00000106. The van der Waals surface area contributed by atoms with E-state index < -0.39 is 0 Å². The van der Waals surface area contributed by atoms with E-state index >= 15 is 0 Å². The molecule has 0 aliphatic carbocycles. The van der Waals surface area contributed by atoms with Crippen LogP contribution in [0.2, 0.25) is 0 Å². The van der Waals surface area contributed by atoms with Crippen molar-refractivity contribution in [3.8, 4) is 0 Å². The Morgan fingerprint density at radius 2 is 1.88 bits per heavy atom. The van der Waals surface area contributed by atoms with Crippen LogP contribution >= 0.6 is 0 Å². The standard InChI is InChI=1S/C8H14N4O2.C2H6/c1-4(2)7(13)9-5(3)6-10-8(14)12-11-6;1-2/h4-5H,1-3H3,(H,9,13)(H2,10,11,12,14);1-2H3. The summed E-state index contributed by atoms with van der Waals surface area (Å²) in [5.74, 6) is 0.286. The molecule has 1 aromatic rings. The molecule has 0 aromatic carbocycles. The average molecular weight is 228 g/mol. The number of nitrogens with zero attached hydrogens (tertiary/aromatic N) is 1. The Hall–Kier alpha value is -1.59. The molecule has 1 atom stereocenters. The summed E-state index contributed by atoms with van der Waals surface area (Å²) in [6, 6.07) is -0.288. The molecule has 0 radical (unpaired) electrons. The van der Waals surface area contributed by atoms with Gasteiger partial charge in [-0.25, -0.2) is 9.89 Å². The zero-order valence-electron chi connectivity index (χ0n) is 10.4. The summed E-state index contributed by atoms with van der Waals surface area (Å²) in [5.41, 5.74) is -0.370. The van der Waals surface area contributed by atoms with Crippen LogP contribution in [0.1, 0.15) is 46.5 Å². The Morgan fingerprint density at radius 1 is 1.31 bits per heavy atom. The summed E-state index contributed by atoms with van der Waals surface area (Å²) in [4.78, 5) is 24.5. The van der Waals surface area contributed by atoms with Gasteiger partial charge in [0.15, 0.2) is 5.82 Å². The Morgan fingerprint density at radius 3 is 2.25 bits per heavy atom. The largest absolute Gasteiger partial charge is 0.346 e. The molecule has 6 nitrogen and oxygen atoms in total. The van der Waals surface area contributed by atoms with Crippen LogP contribution in [0.15, 0.2) is 4.79 Å². The summed E-state index contributed by atoms with van der Waals surface area (Å²) >= 11 is 0. The van der Waals surface area contributed by atoms with E-state index in [4.69, 9.17) is 0 Å². The van der Waals surface area contributed by atoms with Crippen molar-refractivity contribution in [2.24, 2.45) is 5.92 Å². The molecular weight excluding hydrogens is 208 g/mol. The number of amides is 1. The molecule has 0 fully saturated rings. The number of H-pyrrole nitrogens is 2. The fourth-order valence-electron chi connectivity index (χ4n) is 0.937. The Bertz CT molecular complexity index is 367. The maximum absolute atomic E-state index is 11.3. The third-order valence-electron chi connectivity index (χ3n) is 1.81. The van der Waals surface area contributed by atoms with Crippen molar-refractivity contribution < 1.29 is 4.79 Å². The average Bonchev–Trinajstić information content (AvgIpc) is 2.67. The molecule has 1 rings (SSSR count). The lowest BCUT2D eigenvalue weighted by Crippen LogP contribution is -2.31. The van der Waals surface area contributed by atoms with Crippen LogP contribution in [0.25, 0.3) is 0 Å². The molecule has 3 N–H and O–H groups in total. The van der Waals surface area contributed by atoms with Gasteiger partial charge in [-0.3, -0.25) is 9.78 Å². The van der Waals surface area contributed by atoms with Crippen molar-refractivity contribution in [1.29, 1.82) is 0 Å². The van der Waals surface area contributed by atoms with Gasteiger partial charge in [0.05, 0.1) is 6.04 Å². The molecular formula is C10H20N4O2. The van der Waals surface area contributed by atoms with Gasteiger partial charge in [-0.05, 0) is 6.92 Å². The third kappa shape index (κ3) is 4.29. The second kappa shape index (κ2) is 6.81. The molecule has 1 unspecified atom stereocenters. The molecule has 1 heterocycles. The van der Waals surface area contributed by atoms with Crippen LogP contribution in [-0.4, -0.2) is 21.1 Å². The fraction of sp³-hybridized carbons (Fsp3) is 0.700. The topological polar surface area (TPSA) is 90.6 Å². The monoisotopic (exact) mass is 228 g/mol. The lowest BCUT2D eigenvalue weighted by atomic mass is 10.2. The van der Waals surface area contributed by atoms with E-state index in [1.807, 2.05) is 13.8 Å². The van der Waals surface area contributed by atoms with Crippen molar-refractivity contribution in [3.63, 3.8) is 0 Å². The highest BCUT2D eigenvalue weighted by Gasteiger charge is 2.14. The Kier molecular flexibility index (Phi) is 6.14. The van der Waals surface area contributed by atoms with E-state index in [2.05, 4.69) is 20.5 Å². The molecule has 0 saturated heterocycles. The van der Waals surface area contributed by atoms with Crippen LogP contribution in [-0.2, 0) is 4.79 Å². The highest BCUT2D eigenvalue weighted by Crippen LogP contribution is 2.04. The van der Waals surface area contributed by atoms with Crippen LogP contribution < -0.4 is 11.0 Å². The van der Waals surface area contributed by atoms with Crippen LogP contribution in [0.5, 0.6) is 0 Å². The number of rotatable bonds is 3. The van der Waals surface area contributed by atoms with Crippen molar-refractivity contribution in [2.45, 2.75) is 40.7 Å². The summed E-state index contributed by atoms with van der Waals surface area (Å²) < 4.78 is 0. The predicted octanol–water partition coefficient (Wildman–Crippen LogP) is 0.957. The van der Waals surface area contributed by atoms with Gasteiger partial charge in [0.1, 0.15) is 0 Å². The van der Waals surface area contributed by atoms with Gasteiger partial charge < -0.3 is 5.32 Å². The molecule has 0 aliphatic heterocycles. The van der Waals surface area contributed by atoms with Crippen molar-refractivity contribution >= 4 is 5.91 Å². The second-order valence-electron chi connectivity index (χ2n) is 3.45. The maximum atomic E-state index is 11.3. The fourth-order valence-corrected chi connectivity index (χ4v) is 0.937. The predicted molar refractivity (Wildman–Crippen MR) is 62.0 cm³/mol. The number of aromatic amines is 2. The van der Waals surface area contributed by atoms with Crippen molar-refractivity contribution in [1.82, 2.24) is 20.5 Å². The number of hydrogen-bond donors (Lipinski definition) is 3. The maximum Gasteiger partial charge on any atom is 0.340 e. The number of nitrogens with one attached hydrogen (secondary N) is 3. The van der Waals surface area contributed by atoms with Crippen LogP contribution in [0, 0.1) is 5.92 Å². The quantitative estimate of drug-likeness (QED) is 0.719. The molecule has 6 heteroatoms. The molecule has 1 aromatic heterocycles. The lowest BCUT2D eigenvalue weighted by Gasteiger charge is -2.12. The minimum Gasteiger partial charge on any atom is -0.346 e. The molecule has 0 saturated carbocycles. The van der Waals surface area contributed by atoms with Gasteiger partial charge in [-0.1, -0.05) is 27.7 Å². The molecule has 1 amide bonds. The lowest BCUT2D eigenvalue weighted by molar-refractivity contribution is -0.124. The summed E-state index contributed by atoms with van der Waals surface area (Å²) in [6.07, 6.45) is 0. The molecule has 0 aliphatic rings. The summed E-state index contributed by atoms with van der Waals surface area (Å²) in [5, 5.41) is 8.68. The van der Waals surface area contributed by atoms with Crippen LogP contribution in [0.3, 0.4) is 0 Å². The highest BCUT2D eigenvalue weighted by atomic mass is 16.2. The first-order valence-corrected chi connectivity index (χ1v) is 5.45. The van der Waals surface area contributed by atoms with E-state index in [9.17, 15) is 9.59 Å². The van der Waals surface area contributed by atoms with Gasteiger partial charge in [0.2, 0.25) is 5.91 Å². The van der Waals surface area contributed by atoms with E-state index in [1.165, 1.54) is 0 Å². The Labute approximate surface area is 94.8 Å². The first-order valence-electron chi connectivity index (χ1n) is 5.45. The molecule has 0 bridgehead atoms. The number of carbonyl (C=O) groups excluding carboxylic acids is 1. The number of carbonyl (C=O) groups is 1. The highest BCUT2D eigenvalue weighted by molar-refractivity contribution is 5.78. The van der Waals surface area contributed by atoms with Gasteiger partial charge in [-0.2, -0.15) is 5.10 Å². The first-order chi connectivity index (χ1) is 7.50. The number of aromatic nitrogens is 3. The first kappa shape index (κ1) is 14.4. The SMILES string of the molecule is CC.CC(C)C(=O)NC(C)c1n[nH]c(=O)[nH]1. The van der Waals surface area contributed by atoms with Gasteiger partial charge in [0, 0.05) is 5.92 Å². The van der Waals surface area contributed by atoms with E-state index in [0.717, 1.165) is 0 Å². The summed E-state index contributed by atoms with van der Waals surface area (Å²) in [7, 11) is 0. The smallest absolute Gasteiger partial charge is 0.340 e. The molecule has 16 heavy (non-hydrogen) atoms. The normalized spacial score (nSPS) is 11.6. The third-order valence-corrected chi connectivity index (χ3v) is 1.81. The van der Waals surface area contributed by atoms with E-state index in [0.29, 0.717) is 5.82 Å². The molecule has 0 spiro atoms. The summed E-state index contributed by atoms with van der Waals surface area (Å²) in [6.45, 7) is 9.36. The van der Waals surface area contributed by atoms with Gasteiger partial charge >= 0.3 is 5.69 Å². The van der Waals surface area contributed by atoms with Crippen LogP contribution in [0.4, 0.5) is 0 Å². The van der Waals surface area contributed by atoms with Gasteiger partial charge in [-0.15, -0.1) is 0 Å². The minimum absolute atomic E-state index is 0.0682. The molecule has 92 valence electrons.